The standard InChI is InChI=1S/C14H20N2O2/c1-10(17)16-14-11(5-4-7-13(14)18)9-12-6-2-3-8-15-12/h4-5,7,12,15,18H,2-3,6,8-9H2,1H3,(H,16,17). The van der Waals surface area contributed by atoms with Gasteiger partial charge < -0.3 is 15.7 Å². The van der Waals surface area contributed by atoms with Crippen LogP contribution >= 0.6 is 0 Å². The lowest BCUT2D eigenvalue weighted by Crippen LogP contribution is -2.35. The molecule has 4 nitrogen and oxygen atoms in total. The van der Waals surface area contributed by atoms with Crippen molar-refractivity contribution in [3.63, 3.8) is 0 Å². The fourth-order valence-electron chi connectivity index (χ4n) is 2.44. The Morgan fingerprint density at radius 2 is 2.33 bits per heavy atom. The quantitative estimate of drug-likeness (QED) is 0.717. The maximum atomic E-state index is 11.2. The van der Waals surface area contributed by atoms with Crippen LogP contribution in [0.1, 0.15) is 31.7 Å². The summed E-state index contributed by atoms with van der Waals surface area (Å²) in [6.07, 6.45) is 4.46. The molecule has 1 heterocycles. The summed E-state index contributed by atoms with van der Waals surface area (Å²) in [7, 11) is 0. The van der Waals surface area contributed by atoms with E-state index in [1.165, 1.54) is 19.8 Å². The molecule has 1 saturated heterocycles. The number of rotatable bonds is 3. The molecule has 1 atom stereocenters. The Hall–Kier alpha value is -1.55. The number of para-hydroxylation sites is 1. The minimum absolute atomic E-state index is 0.138. The van der Waals surface area contributed by atoms with Crippen LogP contribution < -0.4 is 10.6 Å². The van der Waals surface area contributed by atoms with Gasteiger partial charge in [0.2, 0.25) is 5.91 Å². The van der Waals surface area contributed by atoms with Crippen molar-refractivity contribution in [2.45, 2.75) is 38.6 Å². The molecule has 1 aromatic carbocycles. The lowest BCUT2D eigenvalue weighted by atomic mass is 9.96. The Balaban J connectivity index is 2.15. The Morgan fingerprint density at radius 3 is 3.00 bits per heavy atom. The largest absolute Gasteiger partial charge is 0.506 e. The second kappa shape index (κ2) is 5.87. The van der Waals surface area contributed by atoms with Gasteiger partial charge in [0.25, 0.3) is 0 Å². The van der Waals surface area contributed by atoms with Gasteiger partial charge in [0.15, 0.2) is 0 Å². The van der Waals surface area contributed by atoms with E-state index < -0.39 is 0 Å². The lowest BCUT2D eigenvalue weighted by molar-refractivity contribution is -0.114. The van der Waals surface area contributed by atoms with Crippen LogP contribution in [0.3, 0.4) is 0 Å². The van der Waals surface area contributed by atoms with Gasteiger partial charge >= 0.3 is 0 Å². The number of piperidine rings is 1. The van der Waals surface area contributed by atoms with E-state index in [-0.39, 0.29) is 11.7 Å². The highest BCUT2D eigenvalue weighted by molar-refractivity contribution is 5.91. The summed E-state index contributed by atoms with van der Waals surface area (Å²) in [4.78, 5) is 11.2. The number of carbonyl (C=O) groups excluding carboxylic acids is 1. The zero-order valence-corrected chi connectivity index (χ0v) is 10.7. The second-order valence-corrected chi connectivity index (χ2v) is 4.84. The van der Waals surface area contributed by atoms with Crippen molar-refractivity contribution in [1.29, 1.82) is 0 Å². The van der Waals surface area contributed by atoms with Crippen molar-refractivity contribution >= 4 is 11.6 Å². The van der Waals surface area contributed by atoms with Gasteiger partial charge in [-0.25, -0.2) is 0 Å². The van der Waals surface area contributed by atoms with Crippen LogP contribution in [0.2, 0.25) is 0 Å². The van der Waals surface area contributed by atoms with Gasteiger partial charge in [-0.05, 0) is 37.4 Å². The van der Waals surface area contributed by atoms with Gasteiger partial charge in [0.05, 0.1) is 5.69 Å². The van der Waals surface area contributed by atoms with Crippen molar-refractivity contribution in [3.8, 4) is 5.75 Å². The molecule has 0 spiro atoms. The molecule has 3 N–H and O–H groups in total. The lowest BCUT2D eigenvalue weighted by Gasteiger charge is -2.24. The number of amides is 1. The van der Waals surface area contributed by atoms with E-state index in [1.807, 2.05) is 12.1 Å². The number of nitrogens with one attached hydrogen (secondary N) is 2. The first kappa shape index (κ1) is 12.9. The minimum atomic E-state index is -0.158. The molecule has 1 aliphatic rings. The number of phenolic OH excluding ortho intramolecular Hbond substituents is 1. The molecule has 2 rings (SSSR count). The number of hydrogen-bond donors (Lipinski definition) is 3. The Morgan fingerprint density at radius 1 is 1.50 bits per heavy atom. The van der Waals surface area contributed by atoms with E-state index in [0.29, 0.717) is 11.7 Å². The first-order valence-corrected chi connectivity index (χ1v) is 6.48. The summed E-state index contributed by atoms with van der Waals surface area (Å²) in [5.74, 6) is -0.0205. The maximum absolute atomic E-state index is 11.2. The first-order valence-electron chi connectivity index (χ1n) is 6.48. The van der Waals surface area contributed by atoms with Gasteiger partial charge in [-0.3, -0.25) is 4.79 Å². The fourth-order valence-corrected chi connectivity index (χ4v) is 2.44. The van der Waals surface area contributed by atoms with E-state index in [4.69, 9.17) is 0 Å². The highest BCUT2D eigenvalue weighted by Crippen LogP contribution is 2.29. The third-order valence-corrected chi connectivity index (χ3v) is 3.31. The van der Waals surface area contributed by atoms with E-state index >= 15 is 0 Å². The molecule has 18 heavy (non-hydrogen) atoms. The zero-order valence-electron chi connectivity index (χ0n) is 10.7. The Labute approximate surface area is 107 Å². The fraction of sp³-hybridized carbons (Fsp3) is 0.500. The van der Waals surface area contributed by atoms with Crippen LogP contribution in [0.25, 0.3) is 0 Å². The highest BCUT2D eigenvalue weighted by atomic mass is 16.3. The number of phenols is 1. The van der Waals surface area contributed by atoms with Gasteiger partial charge in [-0.2, -0.15) is 0 Å². The molecule has 98 valence electrons. The van der Waals surface area contributed by atoms with E-state index in [9.17, 15) is 9.90 Å². The molecule has 0 bridgehead atoms. The van der Waals surface area contributed by atoms with Gasteiger partial charge in [-0.15, -0.1) is 0 Å². The molecule has 0 aliphatic carbocycles. The maximum Gasteiger partial charge on any atom is 0.221 e. The minimum Gasteiger partial charge on any atom is -0.506 e. The number of hydrogen-bond acceptors (Lipinski definition) is 3. The average Bonchev–Trinajstić information content (AvgIpc) is 2.34. The molecule has 1 aliphatic heterocycles. The smallest absolute Gasteiger partial charge is 0.221 e. The van der Waals surface area contributed by atoms with Crippen LogP contribution in [0.15, 0.2) is 18.2 Å². The van der Waals surface area contributed by atoms with Gasteiger partial charge in [-0.1, -0.05) is 18.6 Å². The number of carbonyl (C=O) groups is 1. The van der Waals surface area contributed by atoms with Crippen LogP contribution in [-0.2, 0) is 11.2 Å². The van der Waals surface area contributed by atoms with Crippen molar-refractivity contribution in [2.75, 3.05) is 11.9 Å². The first-order chi connectivity index (χ1) is 8.66. The number of aromatic hydroxyl groups is 1. The van der Waals surface area contributed by atoms with Crippen molar-refractivity contribution < 1.29 is 9.90 Å². The summed E-state index contributed by atoms with van der Waals surface area (Å²) in [5, 5.41) is 16.0. The van der Waals surface area contributed by atoms with Crippen LogP contribution in [0.4, 0.5) is 5.69 Å². The summed E-state index contributed by atoms with van der Waals surface area (Å²) in [5.41, 5.74) is 1.54. The number of benzene rings is 1. The number of anilines is 1. The van der Waals surface area contributed by atoms with Crippen LogP contribution in [0.5, 0.6) is 5.75 Å². The molecule has 1 unspecified atom stereocenters. The molecule has 0 radical (unpaired) electrons. The van der Waals surface area contributed by atoms with Gasteiger partial charge in [0.1, 0.15) is 5.75 Å². The van der Waals surface area contributed by atoms with Crippen molar-refractivity contribution in [1.82, 2.24) is 5.32 Å². The Bertz CT molecular complexity index is 426. The molecule has 4 heteroatoms. The molecular formula is C14H20N2O2. The molecular weight excluding hydrogens is 228 g/mol. The topological polar surface area (TPSA) is 61.4 Å². The van der Waals surface area contributed by atoms with Crippen molar-refractivity contribution in [2.24, 2.45) is 0 Å². The summed E-state index contributed by atoms with van der Waals surface area (Å²) < 4.78 is 0. The third kappa shape index (κ3) is 3.23. The molecule has 1 aromatic rings. The molecule has 0 aromatic heterocycles. The molecule has 1 amide bonds. The van der Waals surface area contributed by atoms with Crippen LogP contribution in [-0.4, -0.2) is 23.6 Å². The highest BCUT2D eigenvalue weighted by Gasteiger charge is 2.16. The average molecular weight is 248 g/mol. The van der Waals surface area contributed by atoms with E-state index in [0.717, 1.165) is 24.9 Å². The third-order valence-electron chi connectivity index (χ3n) is 3.31. The molecule has 0 saturated carbocycles. The van der Waals surface area contributed by atoms with E-state index in [2.05, 4.69) is 10.6 Å². The van der Waals surface area contributed by atoms with Crippen molar-refractivity contribution in [3.05, 3.63) is 23.8 Å². The summed E-state index contributed by atoms with van der Waals surface area (Å²) in [6, 6.07) is 5.82. The summed E-state index contributed by atoms with van der Waals surface area (Å²) >= 11 is 0. The monoisotopic (exact) mass is 248 g/mol. The normalized spacial score (nSPS) is 19.5. The zero-order chi connectivity index (χ0) is 13.0. The van der Waals surface area contributed by atoms with Gasteiger partial charge in [0, 0.05) is 13.0 Å². The SMILES string of the molecule is CC(=O)Nc1c(O)cccc1CC1CCCCN1. The predicted molar refractivity (Wildman–Crippen MR) is 71.8 cm³/mol. The second-order valence-electron chi connectivity index (χ2n) is 4.84. The van der Waals surface area contributed by atoms with Crippen LogP contribution in [0, 0.1) is 0 Å². The molecule has 1 fully saturated rings. The predicted octanol–water partition coefficient (Wildman–Crippen LogP) is 2.04. The summed E-state index contributed by atoms with van der Waals surface area (Å²) in [6.45, 7) is 2.51. The Kier molecular flexibility index (Phi) is 4.20. The van der Waals surface area contributed by atoms with E-state index in [1.54, 1.807) is 6.07 Å².